The van der Waals surface area contributed by atoms with Crippen molar-refractivity contribution in [3.63, 3.8) is 0 Å². The fourth-order valence-corrected chi connectivity index (χ4v) is 2.83. The SMILES string of the molecule is Cc1cnc(C)c(NCC2CCN(c3ccc(F)cc3)C2)n1. The minimum atomic E-state index is -0.185. The summed E-state index contributed by atoms with van der Waals surface area (Å²) < 4.78 is 13.0. The Labute approximate surface area is 130 Å². The van der Waals surface area contributed by atoms with Crippen LogP contribution in [0.1, 0.15) is 17.8 Å². The van der Waals surface area contributed by atoms with E-state index in [4.69, 9.17) is 0 Å². The first-order valence-electron chi connectivity index (χ1n) is 7.66. The van der Waals surface area contributed by atoms with Crippen LogP contribution in [0.15, 0.2) is 30.5 Å². The highest BCUT2D eigenvalue weighted by molar-refractivity contribution is 5.47. The zero-order valence-corrected chi connectivity index (χ0v) is 13.0. The second-order valence-electron chi connectivity index (χ2n) is 5.90. The minimum Gasteiger partial charge on any atom is -0.371 e. The number of rotatable bonds is 4. The third kappa shape index (κ3) is 3.35. The molecule has 0 aliphatic carbocycles. The maximum absolute atomic E-state index is 13.0. The molecule has 1 unspecified atom stereocenters. The predicted molar refractivity (Wildman–Crippen MR) is 86.7 cm³/mol. The van der Waals surface area contributed by atoms with Crippen LogP contribution in [0.3, 0.4) is 0 Å². The van der Waals surface area contributed by atoms with Crippen molar-refractivity contribution in [3.8, 4) is 0 Å². The third-order valence-electron chi connectivity index (χ3n) is 4.11. The lowest BCUT2D eigenvalue weighted by Crippen LogP contribution is -2.22. The summed E-state index contributed by atoms with van der Waals surface area (Å²) in [5, 5.41) is 3.42. The molecule has 2 heterocycles. The molecule has 1 aliphatic heterocycles. The van der Waals surface area contributed by atoms with E-state index in [0.29, 0.717) is 5.92 Å². The summed E-state index contributed by atoms with van der Waals surface area (Å²) in [6.07, 6.45) is 2.91. The molecule has 0 spiro atoms. The Bertz CT molecular complexity index is 642. The van der Waals surface area contributed by atoms with E-state index in [1.807, 2.05) is 26.0 Å². The first kappa shape index (κ1) is 14.8. The van der Waals surface area contributed by atoms with Gasteiger partial charge in [-0.1, -0.05) is 0 Å². The first-order chi connectivity index (χ1) is 10.6. The van der Waals surface area contributed by atoms with Gasteiger partial charge >= 0.3 is 0 Å². The number of aryl methyl sites for hydroxylation is 2. The van der Waals surface area contributed by atoms with Crippen molar-refractivity contribution >= 4 is 11.5 Å². The summed E-state index contributed by atoms with van der Waals surface area (Å²) in [5.41, 5.74) is 2.95. The molecule has 1 aromatic heterocycles. The van der Waals surface area contributed by atoms with Crippen molar-refractivity contribution in [2.75, 3.05) is 29.9 Å². The van der Waals surface area contributed by atoms with Crippen LogP contribution in [0.5, 0.6) is 0 Å². The van der Waals surface area contributed by atoms with Gasteiger partial charge in [-0.2, -0.15) is 0 Å². The van der Waals surface area contributed by atoms with Crippen molar-refractivity contribution in [2.45, 2.75) is 20.3 Å². The molecule has 4 nitrogen and oxygen atoms in total. The molecule has 1 aliphatic rings. The van der Waals surface area contributed by atoms with Crippen LogP contribution in [0, 0.1) is 25.6 Å². The van der Waals surface area contributed by atoms with Crippen LogP contribution in [0.4, 0.5) is 15.9 Å². The fraction of sp³-hybridized carbons (Fsp3) is 0.412. The molecule has 1 atom stereocenters. The molecule has 3 rings (SSSR count). The average Bonchev–Trinajstić information content (AvgIpc) is 2.98. The van der Waals surface area contributed by atoms with Gasteiger partial charge < -0.3 is 10.2 Å². The summed E-state index contributed by atoms with van der Waals surface area (Å²) in [4.78, 5) is 11.1. The Morgan fingerprint density at radius 2 is 2.05 bits per heavy atom. The van der Waals surface area contributed by atoms with Gasteiger partial charge in [-0.05, 0) is 50.5 Å². The topological polar surface area (TPSA) is 41.1 Å². The van der Waals surface area contributed by atoms with Gasteiger partial charge in [-0.3, -0.25) is 4.98 Å². The zero-order valence-electron chi connectivity index (χ0n) is 13.0. The van der Waals surface area contributed by atoms with Gasteiger partial charge in [0.1, 0.15) is 11.6 Å². The Morgan fingerprint density at radius 3 is 2.82 bits per heavy atom. The summed E-state index contributed by atoms with van der Waals surface area (Å²) in [5.74, 6) is 1.25. The molecule has 0 bridgehead atoms. The summed E-state index contributed by atoms with van der Waals surface area (Å²) in [7, 11) is 0. The van der Waals surface area contributed by atoms with Crippen molar-refractivity contribution in [2.24, 2.45) is 5.92 Å². The maximum atomic E-state index is 13.0. The molecule has 2 aromatic rings. The normalized spacial score (nSPS) is 17.8. The van der Waals surface area contributed by atoms with Crippen molar-refractivity contribution < 1.29 is 4.39 Å². The minimum absolute atomic E-state index is 0.185. The summed E-state index contributed by atoms with van der Waals surface area (Å²) in [6.45, 7) is 6.79. The predicted octanol–water partition coefficient (Wildman–Crippen LogP) is 3.17. The van der Waals surface area contributed by atoms with E-state index in [0.717, 1.165) is 48.9 Å². The number of anilines is 2. The number of nitrogens with zero attached hydrogens (tertiary/aromatic N) is 3. The van der Waals surface area contributed by atoms with Crippen LogP contribution < -0.4 is 10.2 Å². The highest BCUT2D eigenvalue weighted by Crippen LogP contribution is 2.24. The molecule has 5 heteroatoms. The van der Waals surface area contributed by atoms with Gasteiger partial charge in [-0.25, -0.2) is 9.37 Å². The van der Waals surface area contributed by atoms with Gasteiger partial charge in [0.15, 0.2) is 0 Å². The van der Waals surface area contributed by atoms with Crippen molar-refractivity contribution in [1.82, 2.24) is 9.97 Å². The molecule has 1 aromatic carbocycles. The van der Waals surface area contributed by atoms with Gasteiger partial charge in [-0.15, -0.1) is 0 Å². The Kier molecular flexibility index (Phi) is 4.22. The van der Waals surface area contributed by atoms with E-state index >= 15 is 0 Å². The van der Waals surface area contributed by atoms with Crippen LogP contribution in [0.25, 0.3) is 0 Å². The third-order valence-corrected chi connectivity index (χ3v) is 4.11. The molecule has 0 saturated carbocycles. The van der Waals surface area contributed by atoms with Crippen LogP contribution >= 0.6 is 0 Å². The Hall–Kier alpha value is -2.17. The van der Waals surface area contributed by atoms with E-state index in [2.05, 4.69) is 20.2 Å². The number of nitrogens with one attached hydrogen (secondary N) is 1. The van der Waals surface area contributed by atoms with Gasteiger partial charge in [0, 0.05) is 31.5 Å². The Morgan fingerprint density at radius 1 is 1.27 bits per heavy atom. The molecular formula is C17H21FN4. The van der Waals surface area contributed by atoms with E-state index < -0.39 is 0 Å². The van der Waals surface area contributed by atoms with Crippen LogP contribution in [-0.2, 0) is 0 Å². The number of aromatic nitrogens is 2. The highest BCUT2D eigenvalue weighted by atomic mass is 19.1. The van der Waals surface area contributed by atoms with Crippen LogP contribution in [-0.4, -0.2) is 29.6 Å². The monoisotopic (exact) mass is 300 g/mol. The van der Waals surface area contributed by atoms with Crippen molar-refractivity contribution in [1.29, 1.82) is 0 Å². The second-order valence-corrected chi connectivity index (χ2v) is 5.90. The quantitative estimate of drug-likeness (QED) is 0.941. The maximum Gasteiger partial charge on any atom is 0.147 e. The van der Waals surface area contributed by atoms with E-state index in [1.54, 1.807) is 6.20 Å². The lowest BCUT2D eigenvalue weighted by Gasteiger charge is -2.19. The zero-order chi connectivity index (χ0) is 15.5. The molecule has 0 radical (unpaired) electrons. The largest absolute Gasteiger partial charge is 0.371 e. The molecule has 116 valence electrons. The molecule has 1 fully saturated rings. The van der Waals surface area contributed by atoms with E-state index in [-0.39, 0.29) is 5.82 Å². The molecule has 1 N–H and O–H groups in total. The van der Waals surface area contributed by atoms with E-state index in [1.165, 1.54) is 12.1 Å². The summed E-state index contributed by atoms with van der Waals surface area (Å²) in [6, 6.07) is 6.74. The number of hydrogen-bond donors (Lipinski definition) is 1. The lowest BCUT2D eigenvalue weighted by atomic mass is 10.1. The van der Waals surface area contributed by atoms with Gasteiger partial charge in [0.25, 0.3) is 0 Å². The standard InChI is InChI=1S/C17H21FN4/c1-12-9-19-13(2)17(21-12)20-10-14-7-8-22(11-14)16-5-3-15(18)4-6-16/h3-6,9,14H,7-8,10-11H2,1-2H3,(H,20,21). The number of halogens is 1. The molecule has 22 heavy (non-hydrogen) atoms. The first-order valence-corrected chi connectivity index (χ1v) is 7.66. The van der Waals surface area contributed by atoms with Gasteiger partial charge in [0.05, 0.1) is 11.4 Å². The number of benzene rings is 1. The lowest BCUT2D eigenvalue weighted by molar-refractivity contribution is 0.619. The van der Waals surface area contributed by atoms with Crippen LogP contribution in [0.2, 0.25) is 0 Å². The summed E-state index contributed by atoms with van der Waals surface area (Å²) >= 11 is 0. The average molecular weight is 300 g/mol. The molecule has 1 saturated heterocycles. The molecule has 0 amide bonds. The van der Waals surface area contributed by atoms with Crippen molar-refractivity contribution in [3.05, 3.63) is 47.7 Å². The highest BCUT2D eigenvalue weighted by Gasteiger charge is 2.22. The Balaban J connectivity index is 1.57. The molecular weight excluding hydrogens is 279 g/mol. The van der Waals surface area contributed by atoms with E-state index in [9.17, 15) is 4.39 Å². The second kappa shape index (κ2) is 6.30. The smallest absolute Gasteiger partial charge is 0.147 e. The fourth-order valence-electron chi connectivity index (χ4n) is 2.83. The van der Waals surface area contributed by atoms with Gasteiger partial charge in [0.2, 0.25) is 0 Å². The number of hydrogen-bond acceptors (Lipinski definition) is 4.